The lowest BCUT2D eigenvalue weighted by Gasteiger charge is -2.09. The van der Waals surface area contributed by atoms with Crippen LogP contribution in [0.15, 0.2) is 0 Å². The number of halogens is 3. The summed E-state index contributed by atoms with van der Waals surface area (Å²) in [6, 6.07) is 0. The Bertz CT molecular complexity index is 102. The first-order valence-corrected chi connectivity index (χ1v) is 3.33. The molecule has 0 amide bonds. The van der Waals surface area contributed by atoms with Crippen molar-refractivity contribution in [3.8, 4) is 0 Å². The van der Waals surface area contributed by atoms with E-state index in [1.54, 1.807) is 0 Å². The Labute approximate surface area is 63.7 Å². The van der Waals surface area contributed by atoms with Gasteiger partial charge in [-0.05, 0) is 5.92 Å². The highest BCUT2D eigenvalue weighted by molar-refractivity contribution is 4.48. The molecule has 0 atom stereocenters. The van der Waals surface area contributed by atoms with E-state index in [2.05, 4.69) is 4.84 Å². The number of hydroxylamine groups is 1. The summed E-state index contributed by atoms with van der Waals surface area (Å²) in [4.78, 5) is 4.50. The van der Waals surface area contributed by atoms with Crippen molar-refractivity contribution in [1.82, 2.24) is 5.48 Å². The molecule has 1 N–H and O–H groups in total. The standard InChI is InChI=1S/C6H12F3NO/c1-5(2)3-11-10-4-6(7,8)9/h5,10H,3-4H2,1-2H3. The Hall–Kier alpha value is -0.290. The molecule has 0 unspecified atom stereocenters. The zero-order valence-electron chi connectivity index (χ0n) is 6.53. The Morgan fingerprint density at radius 2 is 1.91 bits per heavy atom. The van der Waals surface area contributed by atoms with E-state index in [1.807, 2.05) is 19.3 Å². The highest BCUT2D eigenvalue weighted by atomic mass is 19.4. The molecule has 0 aromatic carbocycles. The van der Waals surface area contributed by atoms with Gasteiger partial charge in [0.25, 0.3) is 0 Å². The van der Waals surface area contributed by atoms with Crippen molar-refractivity contribution in [3.05, 3.63) is 0 Å². The summed E-state index contributed by atoms with van der Waals surface area (Å²) in [5.74, 6) is 0.232. The molecule has 0 heterocycles. The minimum Gasteiger partial charge on any atom is -0.301 e. The van der Waals surface area contributed by atoms with E-state index in [9.17, 15) is 13.2 Å². The number of hydrogen-bond acceptors (Lipinski definition) is 2. The number of alkyl halides is 3. The molecule has 0 aromatic rings. The molecule has 0 spiro atoms. The monoisotopic (exact) mass is 171 g/mol. The van der Waals surface area contributed by atoms with Crippen LogP contribution in [-0.4, -0.2) is 19.3 Å². The Morgan fingerprint density at radius 3 is 2.27 bits per heavy atom. The first kappa shape index (κ1) is 10.7. The zero-order valence-corrected chi connectivity index (χ0v) is 6.53. The maximum atomic E-state index is 11.4. The molecule has 0 aliphatic rings. The van der Waals surface area contributed by atoms with E-state index in [0.717, 1.165) is 0 Å². The second kappa shape index (κ2) is 4.56. The van der Waals surface area contributed by atoms with Gasteiger partial charge in [-0.25, -0.2) is 0 Å². The summed E-state index contributed by atoms with van der Waals surface area (Å²) in [5.41, 5.74) is 1.83. The lowest BCUT2D eigenvalue weighted by molar-refractivity contribution is -0.150. The molecule has 0 radical (unpaired) electrons. The van der Waals surface area contributed by atoms with E-state index in [4.69, 9.17) is 0 Å². The number of nitrogens with one attached hydrogen (secondary N) is 1. The third-order valence-corrected chi connectivity index (χ3v) is 0.791. The molecule has 0 saturated heterocycles. The fourth-order valence-corrected chi connectivity index (χ4v) is 0.358. The van der Waals surface area contributed by atoms with E-state index >= 15 is 0 Å². The van der Waals surface area contributed by atoms with Gasteiger partial charge in [-0.15, -0.1) is 0 Å². The molecule has 0 aromatic heterocycles. The first-order chi connectivity index (χ1) is 4.92. The number of rotatable bonds is 4. The third-order valence-electron chi connectivity index (χ3n) is 0.791. The van der Waals surface area contributed by atoms with Gasteiger partial charge >= 0.3 is 6.18 Å². The molecule has 0 bridgehead atoms. The quantitative estimate of drug-likeness (QED) is 0.513. The van der Waals surface area contributed by atoms with E-state index in [0.29, 0.717) is 0 Å². The van der Waals surface area contributed by atoms with Gasteiger partial charge in [0, 0.05) is 0 Å². The van der Waals surface area contributed by atoms with Gasteiger partial charge in [0.15, 0.2) is 0 Å². The van der Waals surface area contributed by atoms with E-state index in [-0.39, 0.29) is 12.5 Å². The van der Waals surface area contributed by atoms with Crippen molar-refractivity contribution >= 4 is 0 Å². The van der Waals surface area contributed by atoms with Crippen LogP contribution in [0.4, 0.5) is 13.2 Å². The van der Waals surface area contributed by atoms with E-state index in [1.165, 1.54) is 0 Å². The highest BCUT2D eigenvalue weighted by Crippen LogP contribution is 2.11. The van der Waals surface area contributed by atoms with Gasteiger partial charge in [-0.1, -0.05) is 13.8 Å². The van der Waals surface area contributed by atoms with Crippen LogP contribution in [0, 0.1) is 5.92 Å². The Balaban J connectivity index is 3.15. The van der Waals surface area contributed by atoms with Crippen LogP contribution in [0.1, 0.15) is 13.8 Å². The van der Waals surface area contributed by atoms with Gasteiger partial charge < -0.3 is 4.84 Å². The van der Waals surface area contributed by atoms with Crippen molar-refractivity contribution in [2.24, 2.45) is 5.92 Å². The summed E-state index contributed by atoms with van der Waals surface area (Å²) in [7, 11) is 0. The van der Waals surface area contributed by atoms with Crippen molar-refractivity contribution in [2.45, 2.75) is 20.0 Å². The molecule has 11 heavy (non-hydrogen) atoms. The van der Waals surface area contributed by atoms with Crippen LogP contribution >= 0.6 is 0 Å². The lowest BCUT2D eigenvalue weighted by Crippen LogP contribution is -2.29. The minimum atomic E-state index is -4.20. The molecular formula is C6H12F3NO. The molecule has 2 nitrogen and oxygen atoms in total. The van der Waals surface area contributed by atoms with Crippen LogP contribution in [0.2, 0.25) is 0 Å². The van der Waals surface area contributed by atoms with Crippen LogP contribution in [0.3, 0.4) is 0 Å². The maximum Gasteiger partial charge on any atom is 0.403 e. The van der Waals surface area contributed by atoms with Gasteiger partial charge in [0.05, 0.1) is 6.61 Å². The molecule has 0 saturated carbocycles. The summed E-state index contributed by atoms with van der Waals surface area (Å²) in [6.07, 6.45) is -4.20. The fraction of sp³-hybridized carbons (Fsp3) is 1.00. The van der Waals surface area contributed by atoms with Gasteiger partial charge in [-0.3, -0.25) is 0 Å². The largest absolute Gasteiger partial charge is 0.403 e. The molecule has 5 heteroatoms. The summed E-state index contributed by atoms with van der Waals surface area (Å²) < 4.78 is 34.3. The van der Waals surface area contributed by atoms with Crippen molar-refractivity contribution in [1.29, 1.82) is 0 Å². The first-order valence-electron chi connectivity index (χ1n) is 3.33. The van der Waals surface area contributed by atoms with Gasteiger partial charge in [-0.2, -0.15) is 18.7 Å². The Kier molecular flexibility index (Phi) is 4.44. The Morgan fingerprint density at radius 1 is 1.36 bits per heavy atom. The second-order valence-electron chi connectivity index (χ2n) is 2.64. The van der Waals surface area contributed by atoms with Crippen LogP contribution < -0.4 is 5.48 Å². The summed E-state index contributed by atoms with van der Waals surface area (Å²) >= 11 is 0. The van der Waals surface area contributed by atoms with Crippen LogP contribution in [0.5, 0.6) is 0 Å². The normalized spacial score (nSPS) is 12.5. The molecule has 0 aliphatic heterocycles. The molecule has 0 rings (SSSR count). The van der Waals surface area contributed by atoms with Crippen molar-refractivity contribution in [3.63, 3.8) is 0 Å². The predicted molar refractivity (Wildman–Crippen MR) is 34.8 cm³/mol. The SMILES string of the molecule is CC(C)CONCC(F)(F)F. The van der Waals surface area contributed by atoms with Gasteiger partial charge in [0.1, 0.15) is 6.54 Å². The van der Waals surface area contributed by atoms with Crippen LogP contribution in [0.25, 0.3) is 0 Å². The highest BCUT2D eigenvalue weighted by Gasteiger charge is 2.26. The smallest absolute Gasteiger partial charge is 0.301 e. The summed E-state index contributed by atoms with van der Waals surface area (Å²) in [5, 5.41) is 0. The van der Waals surface area contributed by atoms with Crippen LogP contribution in [-0.2, 0) is 4.84 Å². The fourth-order valence-electron chi connectivity index (χ4n) is 0.358. The van der Waals surface area contributed by atoms with Crippen molar-refractivity contribution in [2.75, 3.05) is 13.2 Å². The number of hydrogen-bond donors (Lipinski definition) is 1. The molecular weight excluding hydrogens is 159 g/mol. The minimum absolute atomic E-state index is 0.232. The average molecular weight is 171 g/mol. The molecule has 0 fully saturated rings. The third kappa shape index (κ3) is 9.71. The topological polar surface area (TPSA) is 21.3 Å². The summed E-state index contributed by atoms with van der Waals surface area (Å²) in [6.45, 7) is 2.90. The lowest BCUT2D eigenvalue weighted by atomic mass is 10.2. The predicted octanol–water partition coefficient (Wildman–Crippen LogP) is 1.73. The molecule has 68 valence electrons. The van der Waals surface area contributed by atoms with Crippen molar-refractivity contribution < 1.29 is 18.0 Å². The zero-order chi connectivity index (χ0) is 8.91. The van der Waals surface area contributed by atoms with Gasteiger partial charge in [0.2, 0.25) is 0 Å². The van der Waals surface area contributed by atoms with E-state index < -0.39 is 12.7 Å². The molecule has 0 aliphatic carbocycles. The second-order valence-corrected chi connectivity index (χ2v) is 2.64. The average Bonchev–Trinajstić information content (AvgIpc) is 1.78. The maximum absolute atomic E-state index is 11.4.